The Morgan fingerprint density at radius 1 is 0.857 bits per heavy atom. The minimum absolute atomic E-state index is 0.0883. The molecule has 0 saturated carbocycles. The number of hydrogen-bond donors (Lipinski definition) is 4. The third kappa shape index (κ3) is 6.59. The van der Waals surface area contributed by atoms with Crippen LogP contribution in [0.25, 0.3) is 11.1 Å². The number of fused-ring (bicyclic) bond motifs is 6. The molecule has 5 rings (SSSR count). The highest BCUT2D eigenvalue weighted by Crippen LogP contribution is 2.33. The van der Waals surface area contributed by atoms with Crippen LogP contribution in [-0.2, 0) is 16.0 Å². The Kier molecular flexibility index (Phi) is 8.80. The maximum atomic E-state index is 14.8. The van der Waals surface area contributed by atoms with Crippen LogP contribution in [-0.4, -0.2) is 59.8 Å². The van der Waals surface area contributed by atoms with Crippen molar-refractivity contribution < 1.29 is 28.7 Å². The van der Waals surface area contributed by atoms with E-state index >= 15 is 0 Å². The van der Waals surface area contributed by atoms with Crippen molar-refractivity contribution in [2.45, 2.75) is 38.1 Å². The molecule has 3 aromatic carbocycles. The van der Waals surface area contributed by atoms with E-state index in [0.717, 1.165) is 11.1 Å². The molecule has 0 aromatic heterocycles. The molecule has 0 spiro atoms. The van der Waals surface area contributed by atoms with E-state index < -0.39 is 17.8 Å². The molecule has 0 saturated heterocycles. The van der Waals surface area contributed by atoms with Gasteiger partial charge in [-0.2, -0.15) is 0 Å². The fourth-order valence-electron chi connectivity index (χ4n) is 5.41. The Hall–Kier alpha value is -4.73. The lowest BCUT2D eigenvalue weighted by atomic mass is 9.98. The zero-order valence-corrected chi connectivity index (χ0v) is 23.1. The van der Waals surface area contributed by atoms with Crippen molar-refractivity contribution in [3.05, 3.63) is 88.7 Å². The van der Waals surface area contributed by atoms with Gasteiger partial charge in [0.2, 0.25) is 11.8 Å². The number of carbonyl (C=O) groups is 4. The van der Waals surface area contributed by atoms with Gasteiger partial charge in [-0.1, -0.05) is 24.3 Å². The molecule has 4 N–H and O–H groups in total. The molecule has 2 aliphatic rings. The topological polar surface area (TPSA) is 128 Å². The lowest BCUT2D eigenvalue weighted by molar-refractivity contribution is -0.132. The quantitative estimate of drug-likeness (QED) is 0.374. The highest BCUT2D eigenvalue weighted by Gasteiger charge is 2.31. The summed E-state index contributed by atoms with van der Waals surface area (Å²) in [4.78, 5) is 52.8. The van der Waals surface area contributed by atoms with Crippen molar-refractivity contribution >= 4 is 23.6 Å². The summed E-state index contributed by atoms with van der Waals surface area (Å²) < 4.78 is 14.8. The van der Waals surface area contributed by atoms with E-state index in [-0.39, 0.29) is 59.5 Å². The number of halogens is 1. The molecule has 4 amide bonds. The Labute approximate surface area is 243 Å². The number of phenols is 1. The van der Waals surface area contributed by atoms with E-state index in [2.05, 4.69) is 16.0 Å². The fraction of sp³-hybridized carbons (Fsp3) is 0.312. The molecular formula is C32H33FN4O5. The fourth-order valence-corrected chi connectivity index (χ4v) is 5.41. The van der Waals surface area contributed by atoms with Gasteiger partial charge in [0.05, 0.1) is 12.5 Å². The number of nitrogens with zero attached hydrogens (tertiary/aromatic N) is 1. The second kappa shape index (κ2) is 12.8. The first-order chi connectivity index (χ1) is 20.3. The molecule has 0 fully saturated rings. The van der Waals surface area contributed by atoms with Crippen LogP contribution < -0.4 is 16.0 Å². The molecule has 0 aliphatic carbocycles. The SMILES string of the molecule is O=C1CCCN(C(=O)CC2NC(=O)c3ccccc32)CCCNC(=O)c2ccc(F)c(c2)-c2cc(ccc2O)CCN1. The number of phenolic OH excluding ortho intramolecular Hbond substituents is 1. The zero-order chi connectivity index (χ0) is 29.6. The predicted molar refractivity (Wildman–Crippen MR) is 154 cm³/mol. The molecular weight excluding hydrogens is 539 g/mol. The van der Waals surface area contributed by atoms with Gasteiger partial charge in [0.25, 0.3) is 11.8 Å². The summed E-state index contributed by atoms with van der Waals surface area (Å²) in [6.07, 6.45) is 1.67. The number of amides is 4. The zero-order valence-electron chi connectivity index (χ0n) is 23.1. The highest BCUT2D eigenvalue weighted by atomic mass is 19.1. The summed E-state index contributed by atoms with van der Waals surface area (Å²) in [5, 5.41) is 19.0. The van der Waals surface area contributed by atoms with Gasteiger partial charge in [-0.3, -0.25) is 19.2 Å². The largest absolute Gasteiger partial charge is 0.507 e. The third-order valence-electron chi connectivity index (χ3n) is 7.66. The Morgan fingerprint density at radius 2 is 1.67 bits per heavy atom. The number of benzene rings is 3. The second-order valence-electron chi connectivity index (χ2n) is 10.6. The van der Waals surface area contributed by atoms with Crippen molar-refractivity contribution in [2.24, 2.45) is 0 Å². The number of rotatable bonds is 2. The van der Waals surface area contributed by atoms with E-state index in [0.29, 0.717) is 44.5 Å². The second-order valence-corrected chi connectivity index (χ2v) is 10.6. The molecule has 1 atom stereocenters. The van der Waals surface area contributed by atoms with E-state index in [9.17, 15) is 28.7 Å². The van der Waals surface area contributed by atoms with Crippen LogP contribution in [0.2, 0.25) is 0 Å². The van der Waals surface area contributed by atoms with Crippen molar-refractivity contribution in [2.75, 3.05) is 26.2 Å². The predicted octanol–water partition coefficient (Wildman–Crippen LogP) is 3.47. The maximum absolute atomic E-state index is 14.8. The summed E-state index contributed by atoms with van der Waals surface area (Å²) in [7, 11) is 0. The number of nitrogens with one attached hydrogen (secondary N) is 3. The van der Waals surface area contributed by atoms with Crippen molar-refractivity contribution in [3.63, 3.8) is 0 Å². The highest BCUT2D eigenvalue weighted by molar-refractivity contribution is 5.99. The van der Waals surface area contributed by atoms with Crippen LogP contribution in [0.15, 0.2) is 60.7 Å². The first kappa shape index (κ1) is 28.8. The van der Waals surface area contributed by atoms with Crippen LogP contribution >= 0.6 is 0 Å². The van der Waals surface area contributed by atoms with Gasteiger partial charge in [0.1, 0.15) is 11.6 Å². The smallest absolute Gasteiger partial charge is 0.252 e. The average molecular weight is 573 g/mol. The van der Waals surface area contributed by atoms with E-state index in [1.165, 1.54) is 24.3 Å². The molecule has 4 bridgehead atoms. The van der Waals surface area contributed by atoms with Gasteiger partial charge in [-0.25, -0.2) is 4.39 Å². The monoisotopic (exact) mass is 572 g/mol. The molecule has 218 valence electrons. The molecule has 2 aliphatic heterocycles. The average Bonchev–Trinajstić information content (AvgIpc) is 3.29. The van der Waals surface area contributed by atoms with Crippen molar-refractivity contribution in [1.82, 2.24) is 20.9 Å². The lowest BCUT2D eigenvalue weighted by Crippen LogP contribution is -2.37. The molecule has 42 heavy (non-hydrogen) atoms. The van der Waals surface area contributed by atoms with Crippen LogP contribution in [0.5, 0.6) is 5.75 Å². The van der Waals surface area contributed by atoms with Crippen LogP contribution in [0, 0.1) is 5.82 Å². The van der Waals surface area contributed by atoms with Crippen LogP contribution in [0.4, 0.5) is 4.39 Å². The van der Waals surface area contributed by atoms with Gasteiger partial charge in [0, 0.05) is 54.9 Å². The number of carbonyl (C=O) groups excluding carboxylic acids is 4. The molecule has 2 heterocycles. The lowest BCUT2D eigenvalue weighted by Gasteiger charge is -2.24. The summed E-state index contributed by atoms with van der Waals surface area (Å²) >= 11 is 0. The van der Waals surface area contributed by atoms with Gasteiger partial charge < -0.3 is 26.0 Å². The van der Waals surface area contributed by atoms with Crippen LogP contribution in [0.1, 0.15) is 63.6 Å². The molecule has 1 unspecified atom stereocenters. The first-order valence-electron chi connectivity index (χ1n) is 14.1. The maximum Gasteiger partial charge on any atom is 0.252 e. The van der Waals surface area contributed by atoms with Crippen molar-refractivity contribution in [1.29, 1.82) is 0 Å². The Morgan fingerprint density at radius 3 is 2.52 bits per heavy atom. The molecule has 3 aromatic rings. The molecule has 9 nitrogen and oxygen atoms in total. The molecule has 10 heteroatoms. The number of aromatic hydroxyl groups is 1. The van der Waals surface area contributed by atoms with Gasteiger partial charge in [0.15, 0.2) is 0 Å². The molecule has 0 radical (unpaired) electrons. The van der Waals surface area contributed by atoms with E-state index in [1.54, 1.807) is 29.2 Å². The van der Waals surface area contributed by atoms with E-state index in [1.807, 2.05) is 12.1 Å². The minimum atomic E-state index is -0.576. The Balaban J connectivity index is 1.31. The van der Waals surface area contributed by atoms with Crippen LogP contribution in [0.3, 0.4) is 0 Å². The summed E-state index contributed by atoms with van der Waals surface area (Å²) in [5.41, 5.74) is 2.74. The minimum Gasteiger partial charge on any atom is -0.507 e. The van der Waals surface area contributed by atoms with Gasteiger partial charge in [-0.15, -0.1) is 0 Å². The number of hydrogen-bond acceptors (Lipinski definition) is 5. The standard InChI is InChI=1S/C32H33FN4O5/c33-26-10-9-21-18-24(26)25-17-20(8-11-28(25)38)12-14-34-29(39)7-3-15-37(16-4-13-35-31(21)41)30(40)19-27-22-5-1-2-6-23(22)32(42)36-27/h1-2,5-6,8-11,17-18,27,38H,3-4,7,12-16,19H2,(H,34,39)(H,35,41)(H,36,42). The normalized spacial score (nSPS) is 18.1. The van der Waals surface area contributed by atoms with E-state index in [4.69, 9.17) is 0 Å². The van der Waals surface area contributed by atoms with Crippen molar-refractivity contribution in [3.8, 4) is 16.9 Å². The summed E-state index contributed by atoms with van der Waals surface area (Å²) in [5.74, 6) is -1.60. The first-order valence-corrected chi connectivity index (χ1v) is 14.1. The van der Waals surface area contributed by atoms with Gasteiger partial charge >= 0.3 is 0 Å². The van der Waals surface area contributed by atoms with Gasteiger partial charge in [-0.05, 0) is 66.8 Å². The Bertz CT molecular complexity index is 1520. The summed E-state index contributed by atoms with van der Waals surface area (Å²) in [6, 6.07) is 15.6. The summed E-state index contributed by atoms with van der Waals surface area (Å²) in [6.45, 7) is 1.31. The third-order valence-corrected chi connectivity index (χ3v) is 7.66.